The van der Waals surface area contributed by atoms with E-state index in [0.717, 1.165) is 31.7 Å². The maximum absolute atomic E-state index is 13.2. The minimum Gasteiger partial charge on any atom is -0.357 e. The van der Waals surface area contributed by atoms with Crippen molar-refractivity contribution in [2.24, 2.45) is 4.99 Å². The summed E-state index contributed by atoms with van der Waals surface area (Å²) >= 11 is 0. The van der Waals surface area contributed by atoms with Crippen molar-refractivity contribution in [2.75, 3.05) is 46.3 Å². The standard InChI is InChI=1S/C22H32N6O2S.HI/c1-3-23-22(25-13-11-20-9-6-7-12-24-20)26-18-19-8-4-5-10-21(19)31(29,30)28-16-14-27(2)15-17-28;/h4-10,12H,3,11,13-18H2,1-2H3,(H2,23,25,26);1H. The molecule has 0 saturated carbocycles. The van der Waals surface area contributed by atoms with Crippen LogP contribution in [0.2, 0.25) is 0 Å². The molecule has 0 bridgehead atoms. The number of nitrogens with zero attached hydrogens (tertiary/aromatic N) is 4. The molecule has 8 nitrogen and oxygen atoms in total. The predicted molar refractivity (Wildman–Crippen MR) is 139 cm³/mol. The molecule has 32 heavy (non-hydrogen) atoms. The Bertz CT molecular complexity index is 963. The van der Waals surface area contributed by atoms with Crippen molar-refractivity contribution in [1.82, 2.24) is 24.8 Å². The number of rotatable bonds is 8. The van der Waals surface area contributed by atoms with Gasteiger partial charge in [0.1, 0.15) is 0 Å². The number of likely N-dealkylation sites (N-methyl/N-ethyl adjacent to an activating group) is 1. The van der Waals surface area contributed by atoms with Gasteiger partial charge in [-0.3, -0.25) is 4.98 Å². The van der Waals surface area contributed by atoms with Crippen molar-refractivity contribution in [1.29, 1.82) is 0 Å². The van der Waals surface area contributed by atoms with Crippen LogP contribution in [0.5, 0.6) is 0 Å². The summed E-state index contributed by atoms with van der Waals surface area (Å²) in [6.07, 6.45) is 2.56. The van der Waals surface area contributed by atoms with Gasteiger partial charge in [-0.15, -0.1) is 24.0 Å². The third-order valence-corrected chi connectivity index (χ3v) is 7.20. The summed E-state index contributed by atoms with van der Waals surface area (Å²) in [7, 11) is -1.53. The Labute approximate surface area is 208 Å². The maximum Gasteiger partial charge on any atom is 0.243 e. The summed E-state index contributed by atoms with van der Waals surface area (Å²) in [6.45, 7) is 6.18. The molecule has 1 aromatic heterocycles. The molecule has 176 valence electrons. The highest BCUT2D eigenvalue weighted by Crippen LogP contribution is 2.22. The first-order chi connectivity index (χ1) is 15.0. The van der Waals surface area contributed by atoms with Crippen molar-refractivity contribution in [3.8, 4) is 0 Å². The van der Waals surface area contributed by atoms with Gasteiger partial charge in [0.05, 0.1) is 11.4 Å². The number of guanidine groups is 1. The highest BCUT2D eigenvalue weighted by atomic mass is 127. The Morgan fingerprint density at radius 1 is 1.06 bits per heavy atom. The molecule has 2 aromatic rings. The van der Waals surface area contributed by atoms with E-state index in [-0.39, 0.29) is 30.5 Å². The van der Waals surface area contributed by atoms with Gasteiger partial charge in [-0.05, 0) is 37.7 Å². The van der Waals surface area contributed by atoms with E-state index < -0.39 is 10.0 Å². The van der Waals surface area contributed by atoms with Crippen molar-refractivity contribution < 1.29 is 8.42 Å². The molecule has 1 aliphatic rings. The van der Waals surface area contributed by atoms with Gasteiger partial charge in [-0.25, -0.2) is 13.4 Å². The molecule has 2 N–H and O–H groups in total. The van der Waals surface area contributed by atoms with E-state index in [4.69, 9.17) is 0 Å². The van der Waals surface area contributed by atoms with Crippen LogP contribution in [0.1, 0.15) is 18.2 Å². The van der Waals surface area contributed by atoms with E-state index in [9.17, 15) is 8.42 Å². The first-order valence-electron chi connectivity index (χ1n) is 10.7. The van der Waals surface area contributed by atoms with E-state index in [0.29, 0.717) is 36.1 Å². The summed E-state index contributed by atoms with van der Waals surface area (Å²) in [5.74, 6) is 0.658. The third-order valence-electron chi connectivity index (χ3n) is 5.20. The monoisotopic (exact) mass is 572 g/mol. The van der Waals surface area contributed by atoms with Crippen LogP contribution in [0.25, 0.3) is 0 Å². The van der Waals surface area contributed by atoms with E-state index in [1.807, 2.05) is 44.3 Å². The van der Waals surface area contributed by atoms with Crippen LogP contribution < -0.4 is 10.6 Å². The number of halogens is 1. The van der Waals surface area contributed by atoms with Gasteiger partial charge < -0.3 is 15.5 Å². The number of aliphatic imine (C=N–C) groups is 1. The molecule has 1 aliphatic heterocycles. The second-order valence-corrected chi connectivity index (χ2v) is 9.41. The zero-order valence-corrected chi connectivity index (χ0v) is 21.8. The lowest BCUT2D eigenvalue weighted by Crippen LogP contribution is -2.47. The smallest absolute Gasteiger partial charge is 0.243 e. The molecular formula is C22H33IN6O2S. The Morgan fingerprint density at radius 2 is 1.78 bits per heavy atom. The number of aromatic nitrogens is 1. The second kappa shape index (κ2) is 13.1. The molecule has 3 rings (SSSR count). The Kier molecular flexibility index (Phi) is 10.8. The number of nitrogens with one attached hydrogen (secondary N) is 2. The molecule has 0 amide bonds. The summed E-state index contributed by atoms with van der Waals surface area (Å²) in [5, 5.41) is 6.52. The average Bonchev–Trinajstić information content (AvgIpc) is 2.78. The van der Waals surface area contributed by atoms with E-state index in [1.54, 1.807) is 22.6 Å². The lowest BCUT2D eigenvalue weighted by Gasteiger charge is -2.32. The number of sulfonamides is 1. The quantitative estimate of drug-likeness (QED) is 0.286. The minimum absolute atomic E-state index is 0. The molecular weight excluding hydrogens is 539 g/mol. The molecule has 0 atom stereocenters. The first kappa shape index (κ1) is 26.5. The van der Waals surface area contributed by atoms with Gasteiger partial charge in [0.2, 0.25) is 10.0 Å². The predicted octanol–water partition coefficient (Wildman–Crippen LogP) is 1.93. The number of hydrogen-bond acceptors (Lipinski definition) is 5. The normalized spacial score (nSPS) is 15.8. The average molecular weight is 573 g/mol. The Morgan fingerprint density at radius 3 is 2.47 bits per heavy atom. The number of benzene rings is 1. The minimum atomic E-state index is -3.54. The zero-order chi connectivity index (χ0) is 22.1. The second-order valence-electron chi connectivity index (χ2n) is 7.51. The molecule has 0 unspecified atom stereocenters. The molecule has 10 heteroatoms. The van der Waals surface area contributed by atoms with E-state index in [1.165, 1.54) is 0 Å². The fraction of sp³-hybridized carbons (Fsp3) is 0.455. The largest absolute Gasteiger partial charge is 0.357 e. The molecule has 0 radical (unpaired) electrons. The van der Waals surface area contributed by atoms with Crippen molar-refractivity contribution in [2.45, 2.75) is 24.8 Å². The van der Waals surface area contributed by atoms with Crippen molar-refractivity contribution in [3.05, 3.63) is 59.9 Å². The van der Waals surface area contributed by atoms with Gasteiger partial charge in [-0.1, -0.05) is 24.3 Å². The van der Waals surface area contributed by atoms with Gasteiger partial charge in [0, 0.05) is 57.6 Å². The fourth-order valence-electron chi connectivity index (χ4n) is 3.41. The van der Waals surface area contributed by atoms with E-state index >= 15 is 0 Å². The number of hydrogen-bond donors (Lipinski definition) is 2. The topological polar surface area (TPSA) is 89.9 Å². The maximum atomic E-state index is 13.2. The van der Waals surface area contributed by atoms with Crippen LogP contribution in [-0.4, -0.2) is 74.9 Å². The van der Waals surface area contributed by atoms with Gasteiger partial charge >= 0.3 is 0 Å². The van der Waals surface area contributed by atoms with Crippen molar-refractivity contribution in [3.63, 3.8) is 0 Å². The molecule has 1 aromatic carbocycles. The summed E-state index contributed by atoms with van der Waals surface area (Å²) in [4.78, 5) is 11.4. The lowest BCUT2D eigenvalue weighted by atomic mass is 10.2. The molecule has 1 fully saturated rings. The van der Waals surface area contributed by atoms with Crippen LogP contribution in [0.15, 0.2) is 58.5 Å². The van der Waals surface area contributed by atoms with Crippen molar-refractivity contribution >= 4 is 40.0 Å². The molecule has 0 aliphatic carbocycles. The highest BCUT2D eigenvalue weighted by molar-refractivity contribution is 14.0. The molecule has 2 heterocycles. The molecule has 1 saturated heterocycles. The number of piperazine rings is 1. The van der Waals surface area contributed by atoms with Gasteiger partial charge in [0.25, 0.3) is 0 Å². The van der Waals surface area contributed by atoms with Crippen LogP contribution >= 0.6 is 24.0 Å². The van der Waals surface area contributed by atoms with Crippen LogP contribution in [0.4, 0.5) is 0 Å². The summed E-state index contributed by atoms with van der Waals surface area (Å²) in [6, 6.07) is 13.0. The zero-order valence-electron chi connectivity index (χ0n) is 18.7. The first-order valence-corrected chi connectivity index (χ1v) is 12.1. The van der Waals surface area contributed by atoms with Crippen LogP contribution in [0, 0.1) is 0 Å². The highest BCUT2D eigenvalue weighted by Gasteiger charge is 2.29. The van der Waals surface area contributed by atoms with Crippen LogP contribution in [0.3, 0.4) is 0 Å². The SMILES string of the molecule is CCNC(=NCc1ccccc1S(=O)(=O)N1CCN(C)CC1)NCCc1ccccn1.I. The lowest BCUT2D eigenvalue weighted by molar-refractivity contribution is 0.222. The van der Waals surface area contributed by atoms with Crippen LogP contribution in [-0.2, 0) is 23.0 Å². The van der Waals surface area contributed by atoms with Gasteiger partial charge in [-0.2, -0.15) is 4.31 Å². The van der Waals surface area contributed by atoms with Gasteiger partial charge in [0.15, 0.2) is 5.96 Å². The fourth-order valence-corrected chi connectivity index (χ4v) is 5.05. The third kappa shape index (κ3) is 7.39. The molecule has 0 spiro atoms. The summed E-state index contributed by atoms with van der Waals surface area (Å²) < 4.78 is 28.0. The Hall–Kier alpha value is -1.76. The summed E-state index contributed by atoms with van der Waals surface area (Å²) in [5.41, 5.74) is 1.71. The Balaban J connectivity index is 0.00000363. The van der Waals surface area contributed by atoms with E-state index in [2.05, 4.69) is 25.5 Å². The number of pyridine rings is 1.